The van der Waals surface area contributed by atoms with E-state index in [1.807, 2.05) is 18.4 Å². The standard InChI is InChI=1S/C9H7BrN2OS2/c1-2-6-9(15-12-11-6)7(13)8-5(10)3-4-14-8/h3-4H,2H2,1H3. The lowest BCUT2D eigenvalue weighted by Gasteiger charge is -1.96. The summed E-state index contributed by atoms with van der Waals surface area (Å²) in [5, 5.41) is 5.82. The van der Waals surface area contributed by atoms with Crippen LogP contribution in [0.3, 0.4) is 0 Å². The summed E-state index contributed by atoms with van der Waals surface area (Å²) < 4.78 is 4.65. The molecule has 0 N–H and O–H groups in total. The topological polar surface area (TPSA) is 42.9 Å². The molecule has 0 saturated carbocycles. The lowest BCUT2D eigenvalue weighted by molar-refractivity contribution is 0.104. The van der Waals surface area contributed by atoms with Gasteiger partial charge in [-0.3, -0.25) is 4.79 Å². The summed E-state index contributed by atoms with van der Waals surface area (Å²) in [6.45, 7) is 1.97. The Morgan fingerprint density at radius 1 is 1.53 bits per heavy atom. The lowest BCUT2D eigenvalue weighted by Crippen LogP contribution is -2.00. The minimum atomic E-state index is 0.0173. The number of ketones is 1. The molecule has 0 aliphatic rings. The summed E-state index contributed by atoms with van der Waals surface area (Å²) >= 11 is 5.95. The van der Waals surface area contributed by atoms with Crippen molar-refractivity contribution in [2.24, 2.45) is 0 Å². The first-order chi connectivity index (χ1) is 7.24. The average molecular weight is 303 g/mol. The van der Waals surface area contributed by atoms with Crippen molar-refractivity contribution in [1.82, 2.24) is 9.59 Å². The maximum atomic E-state index is 12.1. The fourth-order valence-electron chi connectivity index (χ4n) is 1.17. The molecule has 0 amide bonds. The van der Waals surface area contributed by atoms with E-state index in [0.717, 1.165) is 33.0 Å². The Balaban J connectivity index is 2.41. The maximum absolute atomic E-state index is 12.1. The molecule has 0 unspecified atom stereocenters. The van der Waals surface area contributed by atoms with E-state index >= 15 is 0 Å². The van der Waals surface area contributed by atoms with Crippen LogP contribution in [0.15, 0.2) is 15.9 Å². The fourth-order valence-corrected chi connectivity index (χ4v) is 3.43. The third-order valence-corrected chi connectivity index (χ3v) is 4.52. The molecule has 0 fully saturated rings. The van der Waals surface area contributed by atoms with Gasteiger partial charge in [0.2, 0.25) is 5.78 Å². The molecule has 0 aliphatic heterocycles. The Bertz CT molecular complexity index is 492. The molecule has 0 saturated heterocycles. The number of carbonyl (C=O) groups is 1. The van der Waals surface area contributed by atoms with Crippen molar-refractivity contribution in [1.29, 1.82) is 0 Å². The van der Waals surface area contributed by atoms with Gasteiger partial charge >= 0.3 is 0 Å². The van der Waals surface area contributed by atoms with Crippen LogP contribution in [0.1, 0.15) is 27.2 Å². The average Bonchev–Trinajstić information content (AvgIpc) is 2.84. The van der Waals surface area contributed by atoms with Crippen LogP contribution in [0.25, 0.3) is 0 Å². The molecule has 0 atom stereocenters. The molecule has 2 aromatic heterocycles. The van der Waals surface area contributed by atoms with Gasteiger partial charge in [0.25, 0.3) is 0 Å². The summed E-state index contributed by atoms with van der Waals surface area (Å²) in [6.07, 6.45) is 0.737. The Kier molecular flexibility index (Phi) is 3.28. The van der Waals surface area contributed by atoms with Gasteiger partial charge in [0.1, 0.15) is 4.88 Å². The van der Waals surface area contributed by atoms with E-state index in [2.05, 4.69) is 25.5 Å². The van der Waals surface area contributed by atoms with Gasteiger partial charge in [-0.05, 0) is 45.3 Å². The highest BCUT2D eigenvalue weighted by atomic mass is 79.9. The first-order valence-electron chi connectivity index (χ1n) is 4.33. The maximum Gasteiger partial charge on any atom is 0.217 e. The van der Waals surface area contributed by atoms with E-state index in [9.17, 15) is 4.79 Å². The van der Waals surface area contributed by atoms with E-state index < -0.39 is 0 Å². The van der Waals surface area contributed by atoms with Crippen LogP contribution in [0.2, 0.25) is 0 Å². The summed E-state index contributed by atoms with van der Waals surface area (Å²) in [5.41, 5.74) is 0.783. The number of hydrogen-bond donors (Lipinski definition) is 0. The molecule has 0 bridgehead atoms. The van der Waals surface area contributed by atoms with E-state index in [4.69, 9.17) is 0 Å². The second-order valence-corrected chi connectivity index (χ2v) is 5.35. The molecule has 2 heterocycles. The van der Waals surface area contributed by atoms with Gasteiger partial charge in [-0.15, -0.1) is 16.4 Å². The zero-order chi connectivity index (χ0) is 10.8. The van der Waals surface area contributed by atoms with Crippen molar-refractivity contribution in [3.8, 4) is 0 Å². The number of rotatable bonds is 3. The quantitative estimate of drug-likeness (QED) is 0.818. The van der Waals surface area contributed by atoms with Gasteiger partial charge in [-0.25, -0.2) is 0 Å². The summed E-state index contributed by atoms with van der Waals surface area (Å²) in [6, 6.07) is 1.87. The number of aryl methyl sites for hydroxylation is 1. The van der Waals surface area contributed by atoms with Gasteiger partial charge in [0, 0.05) is 4.47 Å². The first kappa shape index (κ1) is 10.9. The Morgan fingerprint density at radius 2 is 2.33 bits per heavy atom. The van der Waals surface area contributed by atoms with E-state index in [-0.39, 0.29) is 5.78 Å². The highest BCUT2D eigenvalue weighted by Crippen LogP contribution is 2.27. The zero-order valence-corrected chi connectivity index (χ0v) is 11.1. The molecule has 0 aromatic carbocycles. The number of thiophene rings is 1. The lowest BCUT2D eigenvalue weighted by atomic mass is 10.2. The van der Waals surface area contributed by atoms with E-state index in [1.165, 1.54) is 11.3 Å². The number of nitrogens with zero attached hydrogens (tertiary/aromatic N) is 2. The van der Waals surface area contributed by atoms with Crippen LogP contribution in [-0.4, -0.2) is 15.4 Å². The summed E-state index contributed by atoms with van der Waals surface area (Å²) in [7, 11) is 0. The smallest absolute Gasteiger partial charge is 0.217 e. The van der Waals surface area contributed by atoms with Crippen molar-refractivity contribution in [2.45, 2.75) is 13.3 Å². The van der Waals surface area contributed by atoms with E-state index in [0.29, 0.717) is 4.88 Å². The number of halogens is 1. The number of carbonyl (C=O) groups excluding carboxylic acids is 1. The molecule has 6 heteroatoms. The van der Waals surface area contributed by atoms with Crippen LogP contribution in [0.5, 0.6) is 0 Å². The van der Waals surface area contributed by atoms with Gasteiger partial charge in [-0.2, -0.15) is 0 Å². The van der Waals surface area contributed by atoms with Crippen LogP contribution in [0, 0.1) is 0 Å². The summed E-state index contributed by atoms with van der Waals surface area (Å²) in [5.74, 6) is 0.0173. The highest BCUT2D eigenvalue weighted by Gasteiger charge is 2.19. The second-order valence-electron chi connectivity index (χ2n) is 2.83. The predicted octanol–water partition coefficient (Wildman–Crippen LogP) is 3.16. The molecule has 0 radical (unpaired) electrons. The number of hydrogen-bond acceptors (Lipinski definition) is 5. The molecule has 15 heavy (non-hydrogen) atoms. The SMILES string of the molecule is CCc1nnsc1C(=O)c1sccc1Br. The van der Waals surface area contributed by atoms with Gasteiger partial charge in [0.15, 0.2) is 0 Å². The molecule has 2 rings (SSSR count). The Hall–Kier alpha value is -0.590. The van der Waals surface area contributed by atoms with Gasteiger partial charge in [0.05, 0.1) is 10.6 Å². The van der Waals surface area contributed by atoms with Crippen molar-refractivity contribution in [2.75, 3.05) is 0 Å². The fraction of sp³-hybridized carbons (Fsp3) is 0.222. The van der Waals surface area contributed by atoms with Crippen molar-refractivity contribution in [3.05, 3.63) is 31.4 Å². The molecule has 0 aliphatic carbocycles. The van der Waals surface area contributed by atoms with Crippen LogP contribution in [-0.2, 0) is 6.42 Å². The molecule has 78 valence electrons. The third kappa shape index (κ3) is 2.02. The van der Waals surface area contributed by atoms with Crippen molar-refractivity contribution >= 4 is 44.6 Å². The van der Waals surface area contributed by atoms with E-state index in [1.54, 1.807) is 0 Å². The molecular formula is C9H7BrN2OS2. The zero-order valence-electron chi connectivity index (χ0n) is 7.86. The highest BCUT2D eigenvalue weighted by molar-refractivity contribution is 9.10. The van der Waals surface area contributed by atoms with Crippen LogP contribution < -0.4 is 0 Å². The Labute approximate surface area is 103 Å². The van der Waals surface area contributed by atoms with Gasteiger partial charge < -0.3 is 0 Å². The minimum Gasteiger partial charge on any atom is -0.287 e. The van der Waals surface area contributed by atoms with Crippen LogP contribution in [0.4, 0.5) is 0 Å². The summed E-state index contributed by atoms with van der Waals surface area (Å²) in [4.78, 5) is 13.5. The Morgan fingerprint density at radius 3 is 2.93 bits per heavy atom. The molecule has 0 spiro atoms. The molecular weight excluding hydrogens is 296 g/mol. The molecule has 2 aromatic rings. The predicted molar refractivity (Wildman–Crippen MR) is 64.7 cm³/mol. The first-order valence-corrected chi connectivity index (χ1v) is 6.77. The van der Waals surface area contributed by atoms with Crippen LogP contribution >= 0.6 is 38.8 Å². The number of aromatic nitrogens is 2. The van der Waals surface area contributed by atoms with Gasteiger partial charge in [-0.1, -0.05) is 11.4 Å². The monoisotopic (exact) mass is 302 g/mol. The third-order valence-electron chi connectivity index (χ3n) is 1.92. The largest absolute Gasteiger partial charge is 0.287 e. The molecule has 3 nitrogen and oxygen atoms in total. The minimum absolute atomic E-state index is 0.0173. The normalized spacial score (nSPS) is 10.5. The second kappa shape index (κ2) is 4.51. The van der Waals surface area contributed by atoms with Crippen molar-refractivity contribution < 1.29 is 4.79 Å². The van der Waals surface area contributed by atoms with Crippen molar-refractivity contribution in [3.63, 3.8) is 0 Å².